The summed E-state index contributed by atoms with van der Waals surface area (Å²) in [5.74, 6) is 2.51. The molecule has 0 unspecified atom stereocenters. The molecule has 0 saturated carbocycles. The van der Waals surface area contributed by atoms with E-state index in [0.717, 1.165) is 36.0 Å². The first-order valence-corrected chi connectivity index (χ1v) is 16.6. The fourth-order valence-electron chi connectivity index (χ4n) is 4.49. The largest absolute Gasteiger partial charge is 0.462 e. The zero-order valence-electron chi connectivity index (χ0n) is 23.7. The quantitative estimate of drug-likeness (QED) is 0.0813. The molecule has 10 N–H and O–H groups in total. The van der Waals surface area contributed by atoms with Gasteiger partial charge >= 0.3 is 0 Å². The van der Waals surface area contributed by atoms with Gasteiger partial charge in [-0.15, -0.1) is 0 Å². The van der Waals surface area contributed by atoms with Crippen molar-refractivity contribution in [2.45, 2.75) is 61.4 Å². The summed E-state index contributed by atoms with van der Waals surface area (Å²) in [5, 5.41) is 85.0. The molecule has 0 aromatic heterocycles. The Morgan fingerprint density at radius 3 is 1.25 bits per heavy atom. The first-order chi connectivity index (χ1) is 21.2. The number of rotatable bonds is 15. The topological polar surface area (TPSA) is 223 Å². The number of aliphatic hydroxyl groups excluding tert-OH is 8. The lowest BCUT2D eigenvalue weighted by Gasteiger charge is -2.39. The Morgan fingerprint density at radius 1 is 0.545 bits per heavy atom. The van der Waals surface area contributed by atoms with Crippen molar-refractivity contribution in [3.63, 3.8) is 0 Å². The molecule has 2 heterocycles. The average Bonchev–Trinajstić information content (AvgIpc) is 3.04. The molecule has 10 atom stereocenters. The van der Waals surface area contributed by atoms with E-state index in [4.69, 9.17) is 18.9 Å². The Balaban J connectivity index is 1.07. The minimum Gasteiger partial charge on any atom is -0.462 e. The summed E-state index contributed by atoms with van der Waals surface area (Å²) in [6.07, 6.45) is -13.3. The molecule has 2 saturated heterocycles. The Morgan fingerprint density at radius 2 is 0.909 bits per heavy atom. The standard InChI is InChI=1S/C28H40N2O12S2/c31-13-19-21(33)23(35)25(37)27(41-19)39-17-5-1-15(2-6-17)29-9-11-43-44-12-10-30-16-3-7-18(8-4-16)40-28-26(38)24(36)22(34)20(14-32)42-28/h1-8,19-38H,9-14H2/t19-,20-,21-,22-,23+,24+,25-,26-,27-,28-/m1/s1. The van der Waals surface area contributed by atoms with Crippen molar-refractivity contribution in [3.8, 4) is 11.5 Å². The first kappa shape index (κ1) is 34.8. The van der Waals surface area contributed by atoms with Gasteiger partial charge in [-0.25, -0.2) is 0 Å². The van der Waals surface area contributed by atoms with Crippen LogP contribution in [0.25, 0.3) is 0 Å². The SMILES string of the molecule is OC[C@H]1O[C@@H](Oc2ccc(NCCSSCCNc3ccc(O[C@@H]4O[C@H](CO)[C@@H](O)[C@H](O)[C@H]4O)cc3)cc2)[C@H](O)[C@@H](O)[C@@H]1O. The van der Waals surface area contributed by atoms with Gasteiger partial charge in [-0.1, -0.05) is 21.6 Å². The first-order valence-electron chi connectivity index (χ1n) is 14.1. The molecule has 14 nitrogen and oxygen atoms in total. The minimum absolute atomic E-state index is 0.397. The smallest absolute Gasteiger partial charge is 0.229 e. The van der Waals surface area contributed by atoms with Crippen molar-refractivity contribution in [1.82, 2.24) is 0 Å². The van der Waals surface area contributed by atoms with E-state index in [2.05, 4.69) is 10.6 Å². The predicted molar refractivity (Wildman–Crippen MR) is 164 cm³/mol. The number of ether oxygens (including phenoxy) is 4. The van der Waals surface area contributed by atoms with Crippen LogP contribution in [0.1, 0.15) is 0 Å². The maximum Gasteiger partial charge on any atom is 0.229 e. The Labute approximate surface area is 262 Å². The number of nitrogens with one attached hydrogen (secondary N) is 2. The van der Waals surface area contributed by atoms with Crippen molar-refractivity contribution in [3.05, 3.63) is 48.5 Å². The van der Waals surface area contributed by atoms with Crippen molar-refractivity contribution in [2.75, 3.05) is 48.4 Å². The molecule has 2 aromatic carbocycles. The third kappa shape index (κ3) is 9.24. The maximum atomic E-state index is 10.1. The summed E-state index contributed by atoms with van der Waals surface area (Å²) >= 11 is 0. The Hall–Kier alpha value is -2.06. The molecular formula is C28H40N2O12S2. The number of benzene rings is 2. The van der Waals surface area contributed by atoms with Crippen LogP contribution in [0.3, 0.4) is 0 Å². The van der Waals surface area contributed by atoms with Crippen LogP contribution in [0.5, 0.6) is 11.5 Å². The van der Waals surface area contributed by atoms with Crippen LogP contribution in [-0.2, 0) is 9.47 Å². The number of anilines is 2. The average molecular weight is 661 g/mol. The summed E-state index contributed by atoms with van der Waals surface area (Å²) in [4.78, 5) is 0. The van der Waals surface area contributed by atoms with E-state index in [9.17, 15) is 40.9 Å². The van der Waals surface area contributed by atoms with E-state index < -0.39 is 74.6 Å². The lowest BCUT2D eigenvalue weighted by molar-refractivity contribution is -0.277. The zero-order chi connectivity index (χ0) is 31.6. The molecule has 16 heteroatoms. The molecular weight excluding hydrogens is 620 g/mol. The zero-order valence-corrected chi connectivity index (χ0v) is 25.3. The van der Waals surface area contributed by atoms with Crippen LogP contribution in [-0.4, -0.2) is 140 Å². The van der Waals surface area contributed by atoms with Crippen molar-refractivity contribution >= 4 is 33.0 Å². The van der Waals surface area contributed by atoms with Crippen LogP contribution < -0.4 is 20.1 Å². The summed E-state index contributed by atoms with van der Waals surface area (Å²) in [6, 6.07) is 14.0. The number of hydrogen-bond acceptors (Lipinski definition) is 16. The van der Waals surface area contributed by atoms with Crippen LogP contribution in [0.2, 0.25) is 0 Å². The van der Waals surface area contributed by atoms with Gasteiger partial charge in [0.2, 0.25) is 12.6 Å². The Kier molecular flexibility index (Phi) is 13.5. The van der Waals surface area contributed by atoms with Crippen LogP contribution in [0, 0.1) is 0 Å². The van der Waals surface area contributed by atoms with Gasteiger partial charge in [0.05, 0.1) is 13.2 Å². The fourth-order valence-corrected chi connectivity index (χ4v) is 6.31. The molecule has 2 aliphatic heterocycles. The molecule has 2 aliphatic rings. The predicted octanol–water partition coefficient (Wildman–Crippen LogP) is -1.05. The van der Waals surface area contributed by atoms with Gasteiger partial charge in [0.1, 0.15) is 60.3 Å². The fraction of sp³-hybridized carbons (Fsp3) is 0.571. The third-order valence-electron chi connectivity index (χ3n) is 7.02. The van der Waals surface area contributed by atoms with Gasteiger partial charge in [0.15, 0.2) is 0 Å². The highest BCUT2D eigenvalue weighted by Crippen LogP contribution is 2.27. The van der Waals surface area contributed by atoms with Gasteiger partial charge in [-0.3, -0.25) is 0 Å². The molecule has 4 rings (SSSR count). The summed E-state index contributed by atoms with van der Waals surface area (Å²) < 4.78 is 21.9. The molecule has 2 fully saturated rings. The molecule has 44 heavy (non-hydrogen) atoms. The van der Waals surface area contributed by atoms with Gasteiger partial charge in [-0.2, -0.15) is 0 Å². The second-order valence-electron chi connectivity index (χ2n) is 10.2. The molecule has 2 aromatic rings. The van der Waals surface area contributed by atoms with Crippen LogP contribution >= 0.6 is 21.6 Å². The molecule has 0 radical (unpaired) electrons. The highest BCUT2D eigenvalue weighted by Gasteiger charge is 2.45. The van der Waals surface area contributed by atoms with Crippen molar-refractivity contribution in [1.29, 1.82) is 0 Å². The molecule has 0 spiro atoms. The minimum atomic E-state index is -1.50. The van der Waals surface area contributed by atoms with E-state index in [0.29, 0.717) is 11.5 Å². The second-order valence-corrected chi connectivity index (χ2v) is 12.9. The highest BCUT2D eigenvalue weighted by molar-refractivity contribution is 8.76. The van der Waals surface area contributed by atoms with E-state index in [1.165, 1.54) is 0 Å². The number of hydrogen-bond donors (Lipinski definition) is 10. The molecule has 0 aliphatic carbocycles. The molecule has 0 bridgehead atoms. The maximum absolute atomic E-state index is 10.1. The van der Waals surface area contributed by atoms with Crippen LogP contribution in [0.4, 0.5) is 11.4 Å². The normalized spacial score (nSPS) is 32.2. The highest BCUT2D eigenvalue weighted by atomic mass is 33.1. The summed E-state index contributed by atoms with van der Waals surface area (Å²) in [5.41, 5.74) is 1.75. The van der Waals surface area contributed by atoms with Gasteiger partial charge < -0.3 is 70.4 Å². The van der Waals surface area contributed by atoms with Crippen molar-refractivity contribution in [2.24, 2.45) is 0 Å². The molecule has 246 valence electrons. The van der Waals surface area contributed by atoms with E-state index in [1.807, 2.05) is 0 Å². The lowest BCUT2D eigenvalue weighted by atomic mass is 9.99. The van der Waals surface area contributed by atoms with Crippen molar-refractivity contribution < 1.29 is 59.8 Å². The monoisotopic (exact) mass is 660 g/mol. The lowest BCUT2D eigenvalue weighted by Crippen LogP contribution is -2.60. The summed E-state index contributed by atoms with van der Waals surface area (Å²) in [7, 11) is 3.46. The van der Waals surface area contributed by atoms with E-state index in [-0.39, 0.29) is 0 Å². The second kappa shape index (κ2) is 17.0. The third-order valence-corrected chi connectivity index (χ3v) is 9.43. The van der Waals surface area contributed by atoms with Gasteiger partial charge in [-0.05, 0) is 48.5 Å². The van der Waals surface area contributed by atoms with Gasteiger partial charge in [0, 0.05) is 36.0 Å². The van der Waals surface area contributed by atoms with Gasteiger partial charge in [0.25, 0.3) is 0 Å². The van der Waals surface area contributed by atoms with E-state index in [1.54, 1.807) is 70.1 Å². The van der Waals surface area contributed by atoms with E-state index >= 15 is 0 Å². The van der Waals surface area contributed by atoms with Crippen LogP contribution in [0.15, 0.2) is 48.5 Å². The number of aliphatic hydroxyl groups is 8. The Bertz CT molecular complexity index is 1030. The molecule has 0 amide bonds. The summed E-state index contributed by atoms with van der Waals surface area (Å²) in [6.45, 7) is 0.412.